The van der Waals surface area contributed by atoms with Crippen molar-refractivity contribution in [1.82, 2.24) is 24.5 Å². The van der Waals surface area contributed by atoms with Gasteiger partial charge in [-0.1, -0.05) is 309 Å². The van der Waals surface area contributed by atoms with Gasteiger partial charge in [-0.05, 0) is 214 Å². The first kappa shape index (κ1) is 59.8. The summed E-state index contributed by atoms with van der Waals surface area (Å²) in [6.07, 6.45) is 0. The number of benzene rings is 18. The first-order chi connectivity index (χ1) is 52.1. The highest BCUT2D eigenvalue weighted by Crippen LogP contribution is 2.59. The molecule has 0 saturated carbocycles. The van der Waals surface area contributed by atoms with Crippen molar-refractivity contribution in [2.45, 2.75) is 0 Å². The summed E-state index contributed by atoms with van der Waals surface area (Å²) in [5.41, 5.74) is 26.0. The third-order valence-corrected chi connectivity index (χ3v) is 21.5. The largest absolute Gasteiger partial charge is 0.292 e. The fourth-order valence-electron chi connectivity index (χ4n) is 16.8. The Balaban J connectivity index is 0.688. The molecule has 5 nitrogen and oxygen atoms in total. The van der Waals surface area contributed by atoms with Gasteiger partial charge in [-0.25, -0.2) is 19.9 Å². The number of fused-ring (bicyclic) bond motifs is 9. The number of aromatic nitrogens is 5. The van der Waals surface area contributed by atoms with Crippen molar-refractivity contribution in [2.75, 3.05) is 0 Å². The first-order valence-corrected chi connectivity index (χ1v) is 35.9. The lowest BCUT2D eigenvalue weighted by atomic mass is 9.82. The van der Waals surface area contributed by atoms with Crippen molar-refractivity contribution in [1.29, 1.82) is 0 Å². The maximum Gasteiger partial charge on any atom is 0.164 e. The molecule has 1 aliphatic rings. The Morgan fingerprint density at radius 2 is 0.600 bits per heavy atom. The van der Waals surface area contributed by atoms with Crippen LogP contribution in [-0.2, 0) is 0 Å². The normalized spacial score (nSPS) is 11.8. The second-order valence-electron chi connectivity index (χ2n) is 27.5. The monoisotopic (exact) mass is 1330 g/mol. The van der Waals surface area contributed by atoms with Crippen molar-refractivity contribution in [3.8, 4) is 140 Å². The van der Waals surface area contributed by atoms with E-state index >= 15 is 0 Å². The fraction of sp³-hybridized carbons (Fsp3) is 0. The third kappa shape index (κ3) is 9.92. The molecule has 0 N–H and O–H groups in total. The predicted molar refractivity (Wildman–Crippen MR) is 438 cm³/mol. The molecule has 0 fully saturated rings. The van der Waals surface area contributed by atoms with Gasteiger partial charge in [-0.3, -0.25) is 4.57 Å². The fourth-order valence-corrected chi connectivity index (χ4v) is 16.8. The molecule has 0 atom stereocenters. The summed E-state index contributed by atoms with van der Waals surface area (Å²) >= 11 is 0. The van der Waals surface area contributed by atoms with E-state index in [1.165, 1.54) is 120 Å². The van der Waals surface area contributed by atoms with Crippen LogP contribution >= 0.6 is 0 Å². The van der Waals surface area contributed by atoms with Crippen molar-refractivity contribution >= 4 is 75.7 Å². The molecule has 2 heterocycles. The van der Waals surface area contributed by atoms with E-state index in [4.69, 9.17) is 19.9 Å². The summed E-state index contributed by atoms with van der Waals surface area (Å²) < 4.78 is 2.27. The predicted octanol–water partition coefficient (Wildman–Crippen LogP) is 26.4. The molecule has 486 valence electrons. The number of hydrogen-bond acceptors (Lipinski definition) is 4. The molecule has 21 rings (SSSR count). The second kappa shape index (κ2) is 24.4. The topological polar surface area (TPSA) is 56.5 Å². The van der Waals surface area contributed by atoms with Crippen molar-refractivity contribution in [3.05, 3.63) is 370 Å². The minimum Gasteiger partial charge on any atom is -0.292 e. The summed E-state index contributed by atoms with van der Waals surface area (Å²) in [6, 6.07) is 135. The Bertz CT molecular complexity index is 6870. The van der Waals surface area contributed by atoms with Gasteiger partial charge in [0.2, 0.25) is 0 Å². The van der Waals surface area contributed by atoms with Crippen LogP contribution in [0.1, 0.15) is 0 Å². The van der Waals surface area contributed by atoms with E-state index in [0.717, 1.165) is 78.0 Å². The Morgan fingerprint density at radius 1 is 0.190 bits per heavy atom. The van der Waals surface area contributed by atoms with Crippen LogP contribution in [0.4, 0.5) is 0 Å². The lowest BCUT2D eigenvalue weighted by Gasteiger charge is -2.21. The van der Waals surface area contributed by atoms with Crippen LogP contribution in [0, 0.1) is 0 Å². The molecule has 0 aliphatic heterocycles. The van der Waals surface area contributed by atoms with Gasteiger partial charge < -0.3 is 0 Å². The summed E-state index contributed by atoms with van der Waals surface area (Å²) in [5.74, 6) is 2.82. The zero-order valence-corrected chi connectivity index (χ0v) is 57.0. The lowest BCUT2D eigenvalue weighted by molar-refractivity contribution is 1.08. The zero-order chi connectivity index (χ0) is 69.1. The van der Waals surface area contributed by atoms with Gasteiger partial charge in [0.05, 0.1) is 11.0 Å². The van der Waals surface area contributed by atoms with E-state index in [2.05, 4.69) is 338 Å². The van der Waals surface area contributed by atoms with E-state index in [1.54, 1.807) is 0 Å². The molecule has 0 saturated heterocycles. The Kier molecular flexibility index (Phi) is 13.9. The molecule has 5 heteroatoms. The molecule has 0 amide bonds. The van der Waals surface area contributed by atoms with Crippen LogP contribution in [0.3, 0.4) is 0 Å². The molecule has 0 radical (unpaired) electrons. The van der Waals surface area contributed by atoms with E-state index < -0.39 is 0 Å². The summed E-state index contributed by atoms with van der Waals surface area (Å²) in [4.78, 5) is 20.8. The second-order valence-corrected chi connectivity index (χ2v) is 27.5. The van der Waals surface area contributed by atoms with Crippen LogP contribution in [-0.4, -0.2) is 24.5 Å². The number of hydrogen-bond donors (Lipinski definition) is 0. The highest BCUT2D eigenvalue weighted by atomic mass is 15.1. The molecule has 18 aromatic carbocycles. The summed E-state index contributed by atoms with van der Waals surface area (Å²) in [7, 11) is 0. The molecular weight excluding hydrogens is 1270 g/mol. The molecule has 0 bridgehead atoms. The van der Waals surface area contributed by atoms with E-state index in [-0.39, 0.29) is 0 Å². The van der Waals surface area contributed by atoms with Gasteiger partial charge in [-0.15, -0.1) is 0 Å². The summed E-state index contributed by atoms with van der Waals surface area (Å²) in [5, 5.41) is 14.3. The average Bonchev–Trinajstić information content (AvgIpc) is 1.71. The smallest absolute Gasteiger partial charge is 0.164 e. The van der Waals surface area contributed by atoms with Gasteiger partial charge in [0.1, 0.15) is 5.82 Å². The molecular formula is C100H61N5. The van der Waals surface area contributed by atoms with Gasteiger partial charge in [0.15, 0.2) is 17.5 Å². The van der Waals surface area contributed by atoms with Gasteiger partial charge >= 0.3 is 0 Å². The Hall–Kier alpha value is -14.0. The Labute approximate surface area is 606 Å². The lowest BCUT2D eigenvalue weighted by Crippen LogP contribution is -2.00. The van der Waals surface area contributed by atoms with Crippen molar-refractivity contribution in [3.63, 3.8) is 0 Å². The molecule has 1 aliphatic carbocycles. The number of nitrogens with zero attached hydrogens (tertiary/aromatic N) is 5. The van der Waals surface area contributed by atoms with Crippen LogP contribution in [0.2, 0.25) is 0 Å². The minimum atomic E-state index is 0.635. The molecule has 2 aromatic heterocycles. The zero-order valence-electron chi connectivity index (χ0n) is 57.0. The van der Waals surface area contributed by atoms with Crippen LogP contribution < -0.4 is 0 Å². The van der Waals surface area contributed by atoms with Crippen LogP contribution in [0.5, 0.6) is 0 Å². The quantitative estimate of drug-likeness (QED) is 0.121. The molecule has 20 aromatic rings. The third-order valence-electron chi connectivity index (χ3n) is 21.5. The van der Waals surface area contributed by atoms with Crippen LogP contribution in [0.15, 0.2) is 370 Å². The standard InChI is InChI=1S/C100H61N5/c1-5-24-64(25-6-1)92-80-37-17-18-38-81(80)93(96-86-56-55-84(82-39-22-40-85(94(82)86)95(92)96)99-103-97(65-26-7-2-8-27-65)102-98(104-99)66-28-9-3-10-29-66)74-32-21-31-69(59-74)70-48-49-72-60-75(52-50-71(72)57-70)90-78-35-15-16-36-79(78)91(76-51-45-62-23-13-14-30-68(62)58-76)87-61-73(53-54-83(87)90)63-43-46-67(47-44-63)100-101-88-41-19-20-42-89(88)105(100)77-33-11-4-12-34-77/h1-61H. The van der Waals surface area contributed by atoms with E-state index in [1.807, 2.05) is 36.4 Å². The maximum atomic E-state index is 5.28. The van der Waals surface area contributed by atoms with E-state index in [0.29, 0.717) is 17.5 Å². The number of rotatable bonds is 11. The van der Waals surface area contributed by atoms with Crippen molar-refractivity contribution < 1.29 is 0 Å². The SMILES string of the molecule is c1ccc(-c2nc(-c3ccccc3)nc(-c3ccc4c5c(cccc35)-c3c-4c(-c4cccc(-c5ccc6cc(-c7c8ccccc8c(-c8ccc9ccccc9c8)c8cc(-c9ccc(-c%10nc%11ccccc%11n%10-c%10ccccc%10)cc9)ccc78)ccc6c5)c4)c4ccccc4c3-c3ccccc3)n2)cc1. The van der Waals surface area contributed by atoms with Crippen molar-refractivity contribution in [2.24, 2.45) is 0 Å². The molecule has 0 unspecified atom stereocenters. The Morgan fingerprint density at radius 3 is 1.28 bits per heavy atom. The summed E-state index contributed by atoms with van der Waals surface area (Å²) in [6.45, 7) is 0. The van der Waals surface area contributed by atoms with E-state index in [9.17, 15) is 0 Å². The average molecular weight is 1330 g/mol. The van der Waals surface area contributed by atoms with Crippen LogP contribution in [0.25, 0.3) is 216 Å². The van der Waals surface area contributed by atoms with Gasteiger partial charge in [-0.2, -0.15) is 0 Å². The maximum absolute atomic E-state index is 5.28. The van der Waals surface area contributed by atoms with Gasteiger partial charge in [0, 0.05) is 27.9 Å². The first-order valence-electron chi connectivity index (χ1n) is 35.9. The molecule has 105 heavy (non-hydrogen) atoms. The number of imidazole rings is 1. The highest BCUT2D eigenvalue weighted by molar-refractivity contribution is 6.29. The number of para-hydroxylation sites is 3. The minimum absolute atomic E-state index is 0.635. The van der Waals surface area contributed by atoms with Gasteiger partial charge in [0.25, 0.3) is 0 Å². The molecule has 0 spiro atoms. The highest BCUT2D eigenvalue weighted by Gasteiger charge is 2.32.